The molecule has 0 aliphatic carbocycles. The third-order valence-electron chi connectivity index (χ3n) is 14.7. The zero-order valence-electron chi connectivity index (χ0n) is 53.1. The van der Waals surface area contributed by atoms with E-state index in [9.17, 15) is 43.2 Å². The number of aliphatic hydroxyl groups is 1. The van der Waals surface area contributed by atoms with Gasteiger partial charge in [0, 0.05) is 25.7 Å². The maximum absolute atomic E-state index is 13.0. The van der Waals surface area contributed by atoms with Crippen molar-refractivity contribution >= 4 is 39.5 Å². The Kier molecular flexibility index (Phi) is 52.0. The van der Waals surface area contributed by atoms with Crippen molar-refractivity contribution in [2.24, 2.45) is 23.7 Å². The normalized spacial score (nSPS) is 14.8. The summed E-state index contributed by atoms with van der Waals surface area (Å²) in [6.07, 6.45) is 32.4. The summed E-state index contributed by atoms with van der Waals surface area (Å²) in [5, 5.41) is 10.5. The van der Waals surface area contributed by atoms with Crippen LogP contribution in [-0.4, -0.2) is 96.7 Å². The monoisotopic (exact) mass is 1210 g/mol. The van der Waals surface area contributed by atoms with Crippen molar-refractivity contribution in [3.63, 3.8) is 0 Å². The summed E-state index contributed by atoms with van der Waals surface area (Å²) >= 11 is 0. The molecular weight excluding hydrogens is 1090 g/mol. The van der Waals surface area contributed by atoms with Gasteiger partial charge < -0.3 is 33.8 Å². The molecule has 0 fully saturated rings. The molecule has 0 aromatic rings. The van der Waals surface area contributed by atoms with Crippen molar-refractivity contribution in [2.75, 3.05) is 39.6 Å². The topological polar surface area (TPSA) is 237 Å². The molecule has 0 aromatic heterocycles. The number of ether oxygens (including phenoxy) is 4. The molecule has 486 valence electrons. The Morgan fingerprint density at radius 2 is 0.585 bits per heavy atom. The zero-order chi connectivity index (χ0) is 61.1. The van der Waals surface area contributed by atoms with Gasteiger partial charge in [0.15, 0.2) is 12.2 Å². The van der Waals surface area contributed by atoms with Gasteiger partial charge in [0.2, 0.25) is 0 Å². The van der Waals surface area contributed by atoms with Gasteiger partial charge in [0.1, 0.15) is 19.3 Å². The number of rotatable bonds is 60. The Morgan fingerprint density at radius 1 is 0.341 bits per heavy atom. The Balaban J connectivity index is 5.25. The molecule has 0 radical (unpaired) electrons. The number of carbonyl (C=O) groups is 4. The lowest BCUT2D eigenvalue weighted by Gasteiger charge is -2.21. The van der Waals surface area contributed by atoms with Gasteiger partial charge in [-0.1, -0.05) is 248 Å². The van der Waals surface area contributed by atoms with Gasteiger partial charge in [0.05, 0.1) is 26.4 Å². The molecule has 0 saturated carbocycles. The van der Waals surface area contributed by atoms with E-state index in [0.717, 1.165) is 115 Å². The molecule has 0 aliphatic heterocycles. The van der Waals surface area contributed by atoms with Crippen LogP contribution in [0.15, 0.2) is 0 Å². The minimum absolute atomic E-state index is 0.102. The van der Waals surface area contributed by atoms with E-state index in [1.165, 1.54) is 89.9 Å². The predicted octanol–water partition coefficient (Wildman–Crippen LogP) is 17.0. The second-order valence-electron chi connectivity index (χ2n) is 24.5. The van der Waals surface area contributed by atoms with Crippen LogP contribution in [0.4, 0.5) is 0 Å². The van der Waals surface area contributed by atoms with Crippen LogP contribution in [0, 0.1) is 23.7 Å². The fraction of sp³-hybridized carbons (Fsp3) is 0.937. The smallest absolute Gasteiger partial charge is 0.462 e. The van der Waals surface area contributed by atoms with Crippen molar-refractivity contribution in [1.29, 1.82) is 0 Å². The lowest BCUT2D eigenvalue weighted by atomic mass is 10.00. The molecule has 0 aliphatic rings. The number of carbonyl (C=O) groups excluding carboxylic acids is 4. The predicted molar refractivity (Wildman–Crippen MR) is 326 cm³/mol. The van der Waals surface area contributed by atoms with E-state index >= 15 is 0 Å². The molecule has 0 aromatic carbocycles. The molecule has 3 unspecified atom stereocenters. The Morgan fingerprint density at radius 3 is 0.866 bits per heavy atom. The summed E-state index contributed by atoms with van der Waals surface area (Å²) in [4.78, 5) is 72.1. The van der Waals surface area contributed by atoms with Crippen LogP contribution >= 0.6 is 15.6 Å². The van der Waals surface area contributed by atoms with E-state index in [4.69, 9.17) is 37.0 Å². The van der Waals surface area contributed by atoms with Crippen molar-refractivity contribution < 1.29 is 80.2 Å². The van der Waals surface area contributed by atoms with Crippen molar-refractivity contribution in [1.82, 2.24) is 0 Å². The number of unbranched alkanes of at least 4 members (excludes halogenated alkanes) is 25. The van der Waals surface area contributed by atoms with E-state index < -0.39 is 97.5 Å². The zero-order valence-corrected chi connectivity index (χ0v) is 54.9. The largest absolute Gasteiger partial charge is 0.472 e. The van der Waals surface area contributed by atoms with E-state index in [1.54, 1.807) is 0 Å². The Labute approximate surface area is 498 Å². The second-order valence-corrected chi connectivity index (χ2v) is 27.4. The quantitative estimate of drug-likeness (QED) is 0.0222. The van der Waals surface area contributed by atoms with Crippen LogP contribution < -0.4 is 0 Å². The van der Waals surface area contributed by atoms with Crippen molar-refractivity contribution in [3.8, 4) is 0 Å². The summed E-state index contributed by atoms with van der Waals surface area (Å²) < 4.78 is 67.9. The minimum Gasteiger partial charge on any atom is -0.462 e. The molecule has 0 spiro atoms. The lowest BCUT2D eigenvalue weighted by Crippen LogP contribution is -2.30. The van der Waals surface area contributed by atoms with Crippen LogP contribution in [0.2, 0.25) is 0 Å². The van der Waals surface area contributed by atoms with Crippen LogP contribution in [-0.2, 0) is 65.4 Å². The van der Waals surface area contributed by atoms with E-state index in [-0.39, 0.29) is 25.7 Å². The highest BCUT2D eigenvalue weighted by molar-refractivity contribution is 7.47. The Hall–Kier alpha value is -1.94. The highest BCUT2D eigenvalue weighted by Gasteiger charge is 2.30. The number of esters is 4. The van der Waals surface area contributed by atoms with Crippen LogP contribution in [0.3, 0.4) is 0 Å². The summed E-state index contributed by atoms with van der Waals surface area (Å²) in [6.45, 7) is 13.9. The van der Waals surface area contributed by atoms with Crippen molar-refractivity contribution in [3.05, 3.63) is 0 Å². The SMILES string of the molecule is CCC(C)CCCCCCCCC(=O)OC[C@H](COP(=O)(O)OC[C@@H](O)COP(=O)(O)OC[C@@H](COC(=O)CCCCCCCCC(C)C)OC(=O)CCCCCCCCCC(C)C)OC(=O)CCCCCCCCCCCCC(C)C. The maximum atomic E-state index is 13.0. The third kappa shape index (κ3) is 55.9. The molecule has 6 atom stereocenters. The number of hydrogen-bond donors (Lipinski definition) is 3. The standard InChI is InChI=1S/C63H122O17P2/c1-9-56(8)42-34-26-20-22-28-36-44-61(66)74-50-58(79-62(67)45-37-29-17-13-11-10-12-15-23-31-39-53(2)3)51-77-81(69,70)75-47-57(64)48-76-82(71,72)78-52-59(49-73-60(65)43-35-27-21-19-25-33-41-55(6)7)80-63(68)46-38-30-18-14-16-24-32-40-54(4)5/h53-59,64H,9-52H2,1-8H3,(H,69,70)(H,71,72)/t56?,57-,58-,59-/m1/s1. The fourth-order valence-corrected chi connectivity index (χ4v) is 10.8. The molecule has 0 saturated heterocycles. The first-order valence-electron chi connectivity index (χ1n) is 32.7. The second kappa shape index (κ2) is 53.3. The van der Waals surface area contributed by atoms with Gasteiger partial charge in [-0.25, -0.2) is 9.13 Å². The molecule has 82 heavy (non-hydrogen) atoms. The number of phosphoric acid groups is 2. The molecular formula is C63H122O17P2. The van der Waals surface area contributed by atoms with Gasteiger partial charge in [-0.2, -0.15) is 0 Å². The van der Waals surface area contributed by atoms with E-state index in [1.807, 2.05) is 0 Å². The lowest BCUT2D eigenvalue weighted by molar-refractivity contribution is -0.161. The highest BCUT2D eigenvalue weighted by Crippen LogP contribution is 2.45. The maximum Gasteiger partial charge on any atom is 0.472 e. The molecule has 3 N–H and O–H groups in total. The van der Waals surface area contributed by atoms with Gasteiger partial charge in [-0.05, 0) is 49.4 Å². The van der Waals surface area contributed by atoms with E-state index in [2.05, 4.69) is 55.4 Å². The molecule has 0 amide bonds. The third-order valence-corrected chi connectivity index (χ3v) is 16.6. The average Bonchev–Trinajstić information content (AvgIpc) is 3.44. The first-order valence-corrected chi connectivity index (χ1v) is 35.7. The Bertz CT molecular complexity index is 1650. The number of phosphoric ester groups is 2. The number of aliphatic hydroxyl groups excluding tert-OH is 1. The highest BCUT2D eigenvalue weighted by atomic mass is 31.2. The average molecular weight is 1210 g/mol. The van der Waals surface area contributed by atoms with Gasteiger partial charge in [-0.3, -0.25) is 37.3 Å². The molecule has 19 heteroatoms. The number of hydrogen-bond acceptors (Lipinski definition) is 15. The minimum atomic E-state index is -4.94. The van der Waals surface area contributed by atoms with Gasteiger partial charge >= 0.3 is 39.5 Å². The van der Waals surface area contributed by atoms with E-state index in [0.29, 0.717) is 37.5 Å². The molecule has 0 rings (SSSR count). The van der Waals surface area contributed by atoms with Gasteiger partial charge in [-0.15, -0.1) is 0 Å². The van der Waals surface area contributed by atoms with Crippen LogP contribution in [0.25, 0.3) is 0 Å². The van der Waals surface area contributed by atoms with Crippen LogP contribution in [0.1, 0.15) is 299 Å². The first kappa shape index (κ1) is 80.1. The molecule has 0 heterocycles. The summed E-state index contributed by atoms with van der Waals surface area (Å²) in [7, 11) is -9.89. The fourth-order valence-electron chi connectivity index (χ4n) is 9.22. The molecule has 0 bridgehead atoms. The molecule has 17 nitrogen and oxygen atoms in total. The van der Waals surface area contributed by atoms with Crippen LogP contribution in [0.5, 0.6) is 0 Å². The van der Waals surface area contributed by atoms with Crippen molar-refractivity contribution in [2.45, 2.75) is 318 Å². The first-order chi connectivity index (χ1) is 39.1. The summed E-state index contributed by atoms with van der Waals surface area (Å²) in [6, 6.07) is 0. The van der Waals surface area contributed by atoms with Gasteiger partial charge in [0.25, 0.3) is 0 Å². The summed E-state index contributed by atoms with van der Waals surface area (Å²) in [5.74, 6) is 0.714. The summed E-state index contributed by atoms with van der Waals surface area (Å²) in [5.41, 5.74) is 0.